The number of likely N-dealkylation sites (N-methyl/N-ethyl adjacent to an activating group) is 1. The highest BCUT2D eigenvalue weighted by atomic mass is 16.5. The largest absolute Gasteiger partial charge is 0.497 e. The summed E-state index contributed by atoms with van der Waals surface area (Å²) >= 11 is 0. The van der Waals surface area contributed by atoms with Crippen molar-refractivity contribution in [1.29, 1.82) is 0 Å². The van der Waals surface area contributed by atoms with Crippen molar-refractivity contribution >= 4 is 0 Å². The molecule has 1 atom stereocenters. The van der Waals surface area contributed by atoms with Gasteiger partial charge in [0.25, 0.3) is 0 Å². The molecule has 0 aromatic heterocycles. The predicted molar refractivity (Wildman–Crippen MR) is 64.5 cm³/mol. The van der Waals surface area contributed by atoms with Crippen LogP contribution in [-0.4, -0.2) is 20.2 Å². The molecule has 0 heterocycles. The molecule has 0 bridgehead atoms. The van der Waals surface area contributed by atoms with Crippen LogP contribution in [0.15, 0.2) is 24.3 Å². The fraction of sp³-hybridized carbons (Fsp3) is 0.538. The molecule has 0 amide bonds. The molecule has 2 heteroatoms. The van der Waals surface area contributed by atoms with Gasteiger partial charge in [-0.05, 0) is 37.6 Å². The number of ether oxygens (including phenoxy) is 1. The number of hydrogen-bond donors (Lipinski definition) is 1. The van der Waals surface area contributed by atoms with Crippen LogP contribution in [0.3, 0.4) is 0 Å². The van der Waals surface area contributed by atoms with Gasteiger partial charge in [0.15, 0.2) is 0 Å². The molecule has 15 heavy (non-hydrogen) atoms. The minimum absolute atomic E-state index is 0.571. The minimum Gasteiger partial charge on any atom is -0.497 e. The molecule has 2 nitrogen and oxygen atoms in total. The summed E-state index contributed by atoms with van der Waals surface area (Å²) in [6.07, 6.45) is 3.50. The second kappa shape index (κ2) is 6.46. The Labute approximate surface area is 92.6 Å². The highest BCUT2D eigenvalue weighted by Crippen LogP contribution is 2.15. The van der Waals surface area contributed by atoms with E-state index in [0.717, 1.165) is 12.2 Å². The van der Waals surface area contributed by atoms with E-state index >= 15 is 0 Å². The van der Waals surface area contributed by atoms with Crippen molar-refractivity contribution in [1.82, 2.24) is 5.32 Å². The maximum atomic E-state index is 5.21. The Morgan fingerprint density at radius 2 is 2.20 bits per heavy atom. The topological polar surface area (TPSA) is 21.3 Å². The minimum atomic E-state index is 0.571. The average Bonchev–Trinajstić information content (AvgIpc) is 2.29. The third-order valence-electron chi connectivity index (χ3n) is 2.66. The Kier molecular flexibility index (Phi) is 5.19. The maximum absolute atomic E-state index is 5.21. The third kappa shape index (κ3) is 3.92. The van der Waals surface area contributed by atoms with Gasteiger partial charge < -0.3 is 10.1 Å². The zero-order chi connectivity index (χ0) is 11.1. The van der Waals surface area contributed by atoms with E-state index in [0.29, 0.717) is 6.04 Å². The number of nitrogens with one attached hydrogen (secondary N) is 1. The van der Waals surface area contributed by atoms with Gasteiger partial charge in [-0.15, -0.1) is 0 Å². The number of rotatable bonds is 6. The first-order valence-corrected chi connectivity index (χ1v) is 5.60. The lowest BCUT2D eigenvalue weighted by atomic mass is 10.0. The van der Waals surface area contributed by atoms with Gasteiger partial charge in [-0.1, -0.05) is 25.5 Å². The van der Waals surface area contributed by atoms with Crippen LogP contribution in [0.1, 0.15) is 25.3 Å². The van der Waals surface area contributed by atoms with Crippen molar-refractivity contribution in [3.63, 3.8) is 0 Å². The first-order valence-electron chi connectivity index (χ1n) is 5.60. The van der Waals surface area contributed by atoms with Crippen LogP contribution in [0.4, 0.5) is 0 Å². The van der Waals surface area contributed by atoms with Crippen LogP contribution >= 0.6 is 0 Å². The lowest BCUT2D eigenvalue weighted by Crippen LogP contribution is -2.27. The fourth-order valence-corrected chi connectivity index (χ4v) is 1.78. The first kappa shape index (κ1) is 12.1. The summed E-state index contributed by atoms with van der Waals surface area (Å²) in [6.45, 7) is 2.22. The van der Waals surface area contributed by atoms with Gasteiger partial charge >= 0.3 is 0 Å². The summed E-state index contributed by atoms with van der Waals surface area (Å²) < 4.78 is 5.21. The van der Waals surface area contributed by atoms with Crippen LogP contribution < -0.4 is 10.1 Å². The zero-order valence-electron chi connectivity index (χ0n) is 9.92. The number of methoxy groups -OCH3 is 1. The van der Waals surface area contributed by atoms with E-state index in [1.165, 1.54) is 18.4 Å². The molecular weight excluding hydrogens is 186 g/mol. The molecule has 0 spiro atoms. The summed E-state index contributed by atoms with van der Waals surface area (Å²) in [6, 6.07) is 8.87. The maximum Gasteiger partial charge on any atom is 0.119 e. The van der Waals surface area contributed by atoms with Crippen molar-refractivity contribution in [3.05, 3.63) is 29.8 Å². The van der Waals surface area contributed by atoms with Crippen LogP contribution in [0.5, 0.6) is 5.75 Å². The summed E-state index contributed by atoms with van der Waals surface area (Å²) in [5.41, 5.74) is 1.34. The molecule has 0 aliphatic heterocycles. The third-order valence-corrected chi connectivity index (χ3v) is 2.66. The van der Waals surface area contributed by atoms with Crippen molar-refractivity contribution in [3.8, 4) is 5.75 Å². The molecule has 0 aliphatic carbocycles. The molecular formula is C13H21NO. The summed E-state index contributed by atoms with van der Waals surface area (Å²) in [7, 11) is 3.74. The highest BCUT2D eigenvalue weighted by Gasteiger charge is 2.06. The molecule has 0 radical (unpaired) electrons. The second-order valence-electron chi connectivity index (χ2n) is 3.83. The Morgan fingerprint density at radius 1 is 1.40 bits per heavy atom. The van der Waals surface area contributed by atoms with Crippen LogP contribution in [-0.2, 0) is 6.42 Å². The van der Waals surface area contributed by atoms with Gasteiger partial charge in [-0.2, -0.15) is 0 Å². The van der Waals surface area contributed by atoms with Crippen molar-refractivity contribution in [2.75, 3.05) is 14.2 Å². The summed E-state index contributed by atoms with van der Waals surface area (Å²) in [5, 5.41) is 3.35. The molecule has 0 saturated heterocycles. The fourth-order valence-electron chi connectivity index (χ4n) is 1.78. The van der Waals surface area contributed by atoms with Crippen molar-refractivity contribution < 1.29 is 4.74 Å². The van der Waals surface area contributed by atoms with Gasteiger partial charge in [0, 0.05) is 6.04 Å². The van der Waals surface area contributed by atoms with E-state index in [-0.39, 0.29) is 0 Å². The lowest BCUT2D eigenvalue weighted by molar-refractivity contribution is 0.413. The van der Waals surface area contributed by atoms with Gasteiger partial charge in [0.05, 0.1) is 7.11 Å². The van der Waals surface area contributed by atoms with Crippen molar-refractivity contribution in [2.45, 2.75) is 32.2 Å². The van der Waals surface area contributed by atoms with E-state index in [1.54, 1.807) is 7.11 Å². The molecule has 0 fully saturated rings. The van der Waals surface area contributed by atoms with Gasteiger partial charge in [-0.3, -0.25) is 0 Å². The molecule has 84 valence electrons. The van der Waals surface area contributed by atoms with Crippen LogP contribution in [0, 0.1) is 0 Å². The van der Waals surface area contributed by atoms with Gasteiger partial charge in [0.1, 0.15) is 5.75 Å². The Balaban J connectivity index is 2.61. The average molecular weight is 207 g/mol. The van der Waals surface area contributed by atoms with Crippen LogP contribution in [0.2, 0.25) is 0 Å². The monoisotopic (exact) mass is 207 g/mol. The number of hydrogen-bond acceptors (Lipinski definition) is 2. The van der Waals surface area contributed by atoms with Crippen LogP contribution in [0.25, 0.3) is 0 Å². The molecule has 0 aliphatic rings. The Morgan fingerprint density at radius 3 is 2.80 bits per heavy atom. The summed E-state index contributed by atoms with van der Waals surface area (Å²) in [5.74, 6) is 0.943. The normalized spacial score (nSPS) is 12.5. The molecule has 1 unspecified atom stereocenters. The Bertz CT molecular complexity index is 286. The molecule has 1 rings (SSSR count). The van der Waals surface area contributed by atoms with E-state index in [9.17, 15) is 0 Å². The van der Waals surface area contributed by atoms with E-state index < -0.39 is 0 Å². The van der Waals surface area contributed by atoms with Crippen molar-refractivity contribution in [2.24, 2.45) is 0 Å². The zero-order valence-corrected chi connectivity index (χ0v) is 9.92. The van der Waals surface area contributed by atoms with E-state index in [1.807, 2.05) is 19.2 Å². The second-order valence-corrected chi connectivity index (χ2v) is 3.83. The van der Waals surface area contributed by atoms with Gasteiger partial charge in [0.2, 0.25) is 0 Å². The lowest BCUT2D eigenvalue weighted by Gasteiger charge is -2.15. The smallest absolute Gasteiger partial charge is 0.119 e. The van der Waals surface area contributed by atoms with E-state index in [4.69, 9.17) is 4.74 Å². The molecule has 1 N–H and O–H groups in total. The molecule has 1 aromatic rings. The standard InChI is InChI=1S/C13H21NO/c1-4-6-12(14-2)9-11-7-5-8-13(10-11)15-3/h5,7-8,10,12,14H,4,6,9H2,1-3H3. The highest BCUT2D eigenvalue weighted by molar-refractivity contribution is 5.28. The Hall–Kier alpha value is -1.02. The van der Waals surface area contributed by atoms with Gasteiger partial charge in [-0.25, -0.2) is 0 Å². The first-order chi connectivity index (χ1) is 7.30. The molecule has 0 saturated carbocycles. The summed E-state index contributed by atoms with van der Waals surface area (Å²) in [4.78, 5) is 0. The SMILES string of the molecule is CCCC(Cc1cccc(OC)c1)NC. The number of benzene rings is 1. The van der Waals surface area contributed by atoms with E-state index in [2.05, 4.69) is 24.4 Å². The molecule has 1 aromatic carbocycles. The predicted octanol–water partition coefficient (Wildman–Crippen LogP) is 2.63. The quantitative estimate of drug-likeness (QED) is 0.774.